The lowest BCUT2D eigenvalue weighted by atomic mass is 10.1. The SMILES string of the molecule is CCN(CC)CCN(C(=O)c1cccc(C(F)(F)F)c1)c1nc2c(Cl)cccc2s1. The van der Waals surface area contributed by atoms with Crippen molar-refractivity contribution in [1.29, 1.82) is 0 Å². The number of carbonyl (C=O) groups excluding carboxylic acids is 1. The molecule has 0 unspecified atom stereocenters. The minimum Gasteiger partial charge on any atom is -0.302 e. The predicted molar refractivity (Wildman–Crippen MR) is 116 cm³/mol. The third-order valence-electron chi connectivity index (χ3n) is 4.81. The van der Waals surface area contributed by atoms with E-state index in [0.29, 0.717) is 28.8 Å². The third-order valence-corrected chi connectivity index (χ3v) is 6.15. The van der Waals surface area contributed by atoms with Crippen LogP contribution in [0.25, 0.3) is 10.2 Å². The van der Waals surface area contributed by atoms with Crippen LogP contribution in [-0.2, 0) is 6.18 Å². The maximum atomic E-state index is 13.2. The molecule has 0 radical (unpaired) electrons. The fourth-order valence-corrected chi connectivity index (χ4v) is 4.36. The van der Waals surface area contributed by atoms with Crippen LogP contribution in [-0.4, -0.2) is 42.0 Å². The van der Waals surface area contributed by atoms with E-state index in [1.807, 2.05) is 19.9 Å². The molecule has 1 amide bonds. The molecule has 9 heteroatoms. The predicted octanol–water partition coefficient (Wildman–Crippen LogP) is 5.96. The zero-order valence-electron chi connectivity index (χ0n) is 16.5. The summed E-state index contributed by atoms with van der Waals surface area (Å²) in [4.78, 5) is 21.3. The summed E-state index contributed by atoms with van der Waals surface area (Å²) in [5.74, 6) is -0.525. The number of likely N-dealkylation sites (N-methyl/N-ethyl adjacent to an activating group) is 1. The molecular weight excluding hydrogens is 435 g/mol. The van der Waals surface area contributed by atoms with E-state index in [0.717, 1.165) is 29.9 Å². The molecule has 2 aromatic carbocycles. The van der Waals surface area contributed by atoms with E-state index in [4.69, 9.17) is 11.6 Å². The highest BCUT2D eigenvalue weighted by molar-refractivity contribution is 7.22. The molecule has 0 aliphatic carbocycles. The minimum atomic E-state index is -4.52. The number of halogens is 4. The van der Waals surface area contributed by atoms with Crippen LogP contribution in [0.2, 0.25) is 5.02 Å². The summed E-state index contributed by atoms with van der Waals surface area (Å²) in [6.07, 6.45) is -4.52. The van der Waals surface area contributed by atoms with E-state index in [1.54, 1.807) is 12.1 Å². The Morgan fingerprint density at radius 1 is 1.10 bits per heavy atom. The van der Waals surface area contributed by atoms with Crippen LogP contribution >= 0.6 is 22.9 Å². The first-order valence-corrected chi connectivity index (χ1v) is 10.7. The second-order valence-electron chi connectivity index (χ2n) is 6.65. The molecule has 0 fully saturated rings. The molecule has 0 spiro atoms. The van der Waals surface area contributed by atoms with Crippen LogP contribution in [0, 0.1) is 0 Å². The molecule has 0 aliphatic heterocycles. The van der Waals surface area contributed by atoms with Gasteiger partial charge in [0.15, 0.2) is 5.13 Å². The van der Waals surface area contributed by atoms with Crippen molar-refractivity contribution in [3.8, 4) is 0 Å². The van der Waals surface area contributed by atoms with Gasteiger partial charge in [0, 0.05) is 18.7 Å². The summed E-state index contributed by atoms with van der Waals surface area (Å²) in [7, 11) is 0. The Hall–Kier alpha value is -2.16. The highest BCUT2D eigenvalue weighted by Crippen LogP contribution is 2.34. The van der Waals surface area contributed by atoms with Gasteiger partial charge in [0.2, 0.25) is 0 Å². The average molecular weight is 456 g/mol. The van der Waals surface area contributed by atoms with Crippen molar-refractivity contribution < 1.29 is 18.0 Å². The summed E-state index contributed by atoms with van der Waals surface area (Å²) >= 11 is 7.51. The van der Waals surface area contributed by atoms with Crippen LogP contribution < -0.4 is 4.90 Å². The van der Waals surface area contributed by atoms with E-state index in [2.05, 4.69) is 9.88 Å². The summed E-state index contributed by atoms with van der Waals surface area (Å²) in [5.41, 5.74) is -0.317. The van der Waals surface area contributed by atoms with Crippen molar-refractivity contribution in [1.82, 2.24) is 9.88 Å². The molecule has 0 saturated carbocycles. The van der Waals surface area contributed by atoms with Crippen molar-refractivity contribution >= 4 is 44.2 Å². The molecule has 0 atom stereocenters. The van der Waals surface area contributed by atoms with Gasteiger partial charge >= 0.3 is 6.18 Å². The zero-order valence-corrected chi connectivity index (χ0v) is 18.1. The van der Waals surface area contributed by atoms with E-state index in [9.17, 15) is 18.0 Å². The number of rotatable bonds is 7. The molecule has 1 heterocycles. The van der Waals surface area contributed by atoms with Gasteiger partial charge < -0.3 is 4.90 Å². The van der Waals surface area contributed by atoms with Crippen LogP contribution in [0.4, 0.5) is 18.3 Å². The summed E-state index contributed by atoms with van der Waals surface area (Å²) in [6, 6.07) is 9.82. The lowest BCUT2D eigenvalue weighted by Crippen LogP contribution is -2.39. The summed E-state index contributed by atoms with van der Waals surface area (Å²) in [5, 5.41) is 0.873. The monoisotopic (exact) mass is 455 g/mol. The first-order valence-electron chi connectivity index (χ1n) is 9.51. The second kappa shape index (κ2) is 9.32. The van der Waals surface area contributed by atoms with Crippen molar-refractivity contribution in [2.24, 2.45) is 0 Å². The highest BCUT2D eigenvalue weighted by Gasteiger charge is 2.32. The number of thiazole rings is 1. The average Bonchev–Trinajstić information content (AvgIpc) is 3.16. The van der Waals surface area contributed by atoms with Crippen molar-refractivity contribution in [2.75, 3.05) is 31.1 Å². The number of alkyl halides is 3. The number of nitrogens with zero attached hydrogens (tertiary/aromatic N) is 3. The van der Waals surface area contributed by atoms with Crippen LogP contribution in [0.15, 0.2) is 42.5 Å². The first kappa shape index (κ1) is 22.5. The van der Waals surface area contributed by atoms with Crippen molar-refractivity contribution in [3.63, 3.8) is 0 Å². The fraction of sp³-hybridized carbons (Fsp3) is 0.333. The maximum absolute atomic E-state index is 13.2. The topological polar surface area (TPSA) is 36.4 Å². The Bertz CT molecular complexity index is 1030. The van der Waals surface area contributed by atoms with Crippen molar-refractivity contribution in [2.45, 2.75) is 20.0 Å². The molecule has 1 aromatic heterocycles. The van der Waals surface area contributed by atoms with E-state index < -0.39 is 17.6 Å². The number of aromatic nitrogens is 1. The molecule has 0 bridgehead atoms. The van der Waals surface area contributed by atoms with E-state index in [-0.39, 0.29) is 5.56 Å². The van der Waals surface area contributed by atoms with Crippen LogP contribution in [0.5, 0.6) is 0 Å². The molecule has 0 N–H and O–H groups in total. The molecule has 3 rings (SSSR count). The molecule has 3 aromatic rings. The molecule has 0 aliphatic rings. The van der Waals surface area contributed by atoms with Gasteiger partial charge in [-0.15, -0.1) is 0 Å². The van der Waals surface area contributed by atoms with Crippen molar-refractivity contribution in [3.05, 3.63) is 58.6 Å². The number of hydrogen-bond donors (Lipinski definition) is 0. The van der Waals surface area contributed by atoms with Gasteiger partial charge in [-0.05, 0) is 43.4 Å². The Morgan fingerprint density at radius 3 is 2.43 bits per heavy atom. The number of para-hydroxylation sites is 1. The molecule has 160 valence electrons. The van der Waals surface area contributed by atoms with Gasteiger partial charge in [-0.1, -0.05) is 48.9 Å². The maximum Gasteiger partial charge on any atom is 0.416 e. The number of anilines is 1. The Morgan fingerprint density at radius 2 is 1.80 bits per heavy atom. The fourth-order valence-electron chi connectivity index (χ4n) is 3.07. The molecule has 0 saturated heterocycles. The first-order chi connectivity index (χ1) is 14.2. The van der Waals surface area contributed by atoms with E-state index in [1.165, 1.54) is 28.4 Å². The Labute approximate surface area is 181 Å². The smallest absolute Gasteiger partial charge is 0.302 e. The molecule has 4 nitrogen and oxygen atoms in total. The highest BCUT2D eigenvalue weighted by atomic mass is 35.5. The number of fused-ring (bicyclic) bond motifs is 1. The van der Waals surface area contributed by atoms with Crippen LogP contribution in [0.3, 0.4) is 0 Å². The summed E-state index contributed by atoms with van der Waals surface area (Å²) < 4.78 is 40.2. The zero-order chi connectivity index (χ0) is 21.9. The number of benzene rings is 2. The largest absolute Gasteiger partial charge is 0.416 e. The van der Waals surface area contributed by atoms with Crippen LogP contribution in [0.1, 0.15) is 29.8 Å². The van der Waals surface area contributed by atoms with E-state index >= 15 is 0 Å². The second-order valence-corrected chi connectivity index (χ2v) is 8.06. The molecular formula is C21H21ClF3N3OS. The van der Waals surface area contributed by atoms with Gasteiger partial charge in [-0.3, -0.25) is 9.69 Å². The normalized spacial score (nSPS) is 12.0. The number of amides is 1. The van der Waals surface area contributed by atoms with Gasteiger partial charge in [0.05, 0.1) is 15.3 Å². The Balaban J connectivity index is 2.00. The lowest BCUT2D eigenvalue weighted by molar-refractivity contribution is -0.137. The lowest BCUT2D eigenvalue weighted by Gasteiger charge is -2.25. The van der Waals surface area contributed by atoms with Gasteiger partial charge in [-0.25, -0.2) is 4.98 Å². The standard InChI is InChI=1S/C21H21ClF3N3OS/c1-3-27(4-2)11-12-28(20-26-18-16(22)9-6-10-17(18)30-20)19(29)14-7-5-8-15(13-14)21(23,24)25/h5-10,13H,3-4,11-12H2,1-2H3. The van der Waals surface area contributed by atoms with Gasteiger partial charge in [-0.2, -0.15) is 13.2 Å². The number of carbonyl (C=O) groups is 1. The van der Waals surface area contributed by atoms with Gasteiger partial charge in [0.25, 0.3) is 5.91 Å². The minimum absolute atomic E-state index is 0.0327. The summed E-state index contributed by atoms with van der Waals surface area (Å²) in [6.45, 7) is 6.50. The number of hydrogen-bond acceptors (Lipinski definition) is 4. The third kappa shape index (κ3) is 4.94. The quantitative estimate of drug-likeness (QED) is 0.441. The molecule has 30 heavy (non-hydrogen) atoms. The Kier molecular flexibility index (Phi) is 7.00. The van der Waals surface area contributed by atoms with Gasteiger partial charge in [0.1, 0.15) is 5.52 Å².